The highest BCUT2D eigenvalue weighted by Gasteiger charge is 2.48. The second-order valence-corrected chi connectivity index (χ2v) is 5.69. The van der Waals surface area contributed by atoms with E-state index in [1.807, 2.05) is 0 Å². The fourth-order valence-corrected chi connectivity index (χ4v) is 1.87. The van der Waals surface area contributed by atoms with Crippen LogP contribution in [0.3, 0.4) is 0 Å². The van der Waals surface area contributed by atoms with Gasteiger partial charge in [-0.1, -0.05) is 6.08 Å². The summed E-state index contributed by atoms with van der Waals surface area (Å²) in [4.78, 5) is 24.0. The lowest BCUT2D eigenvalue weighted by atomic mass is 9.90. The van der Waals surface area contributed by atoms with Crippen LogP contribution in [-0.4, -0.2) is 53.0 Å². The second-order valence-electron chi connectivity index (χ2n) is 5.69. The fourth-order valence-electron chi connectivity index (χ4n) is 1.87. The zero-order valence-corrected chi connectivity index (χ0v) is 11.6. The van der Waals surface area contributed by atoms with E-state index in [0.29, 0.717) is 0 Å². The molecule has 1 fully saturated rings. The molecule has 108 valence electrons. The molecule has 0 bridgehead atoms. The lowest BCUT2D eigenvalue weighted by Crippen LogP contribution is -2.66. The Morgan fingerprint density at radius 1 is 1.42 bits per heavy atom. The van der Waals surface area contributed by atoms with E-state index in [-0.39, 0.29) is 26.1 Å². The van der Waals surface area contributed by atoms with Gasteiger partial charge in [0.2, 0.25) is 0 Å². The number of hydrogen-bond acceptors (Lipinski definition) is 4. The molecule has 0 atom stereocenters. The molecule has 0 aromatic heterocycles. The van der Waals surface area contributed by atoms with Gasteiger partial charge < -0.3 is 19.5 Å². The van der Waals surface area contributed by atoms with Crippen LogP contribution < -0.4 is 0 Å². The molecule has 0 unspecified atom stereocenters. The number of carboxylic acid groups (broad SMARTS) is 1. The van der Waals surface area contributed by atoms with Crippen LogP contribution in [0.1, 0.15) is 27.2 Å². The van der Waals surface area contributed by atoms with E-state index >= 15 is 0 Å². The summed E-state index contributed by atoms with van der Waals surface area (Å²) in [6.45, 7) is 9.58. The summed E-state index contributed by atoms with van der Waals surface area (Å²) < 4.78 is 10.7. The monoisotopic (exact) mass is 271 g/mol. The molecule has 0 spiro atoms. The smallest absolute Gasteiger partial charge is 0.410 e. The number of nitrogens with zero attached hydrogens (tertiary/aromatic N) is 1. The molecule has 6 nitrogen and oxygen atoms in total. The maximum atomic E-state index is 11.8. The van der Waals surface area contributed by atoms with Crippen molar-refractivity contribution in [3.8, 4) is 0 Å². The Bertz CT molecular complexity index is 366. The van der Waals surface area contributed by atoms with Crippen LogP contribution in [0.25, 0.3) is 0 Å². The number of hydrogen-bond donors (Lipinski definition) is 1. The molecule has 0 aromatic rings. The number of amides is 1. The lowest BCUT2D eigenvalue weighted by Gasteiger charge is -2.48. The predicted molar refractivity (Wildman–Crippen MR) is 68.9 cm³/mol. The molecule has 0 aliphatic carbocycles. The van der Waals surface area contributed by atoms with Gasteiger partial charge >= 0.3 is 12.1 Å². The topological polar surface area (TPSA) is 76.1 Å². The van der Waals surface area contributed by atoms with Gasteiger partial charge in [-0.3, -0.25) is 4.79 Å². The molecule has 1 saturated heterocycles. The Kier molecular flexibility index (Phi) is 4.57. The van der Waals surface area contributed by atoms with Crippen LogP contribution in [-0.2, 0) is 14.3 Å². The molecule has 0 saturated carbocycles. The Morgan fingerprint density at radius 2 is 2.00 bits per heavy atom. The van der Waals surface area contributed by atoms with Crippen LogP contribution in [0.2, 0.25) is 0 Å². The van der Waals surface area contributed by atoms with Crippen molar-refractivity contribution >= 4 is 12.1 Å². The Balaban J connectivity index is 2.56. The van der Waals surface area contributed by atoms with Gasteiger partial charge in [0.25, 0.3) is 0 Å². The highest BCUT2D eigenvalue weighted by molar-refractivity contribution is 5.72. The van der Waals surface area contributed by atoms with Crippen molar-refractivity contribution in [1.82, 2.24) is 4.90 Å². The predicted octanol–water partition coefficient (Wildman–Crippen LogP) is 1.65. The molecule has 1 amide bonds. The van der Waals surface area contributed by atoms with Gasteiger partial charge in [0.1, 0.15) is 11.2 Å². The molecule has 19 heavy (non-hydrogen) atoms. The minimum absolute atomic E-state index is 0.139. The minimum Gasteiger partial charge on any atom is -0.481 e. The summed E-state index contributed by atoms with van der Waals surface area (Å²) in [5.74, 6) is -0.951. The van der Waals surface area contributed by atoms with Crippen molar-refractivity contribution in [2.45, 2.75) is 38.4 Å². The van der Waals surface area contributed by atoms with E-state index in [9.17, 15) is 9.59 Å². The SMILES string of the molecule is C=CCOC1(CC(=O)O)CN(C(=O)OC(C)(C)C)C1. The third-order valence-electron chi connectivity index (χ3n) is 2.59. The van der Waals surface area contributed by atoms with Crippen molar-refractivity contribution in [3.63, 3.8) is 0 Å². The van der Waals surface area contributed by atoms with Crippen molar-refractivity contribution in [1.29, 1.82) is 0 Å². The number of carbonyl (C=O) groups excluding carboxylic acids is 1. The first-order valence-corrected chi connectivity index (χ1v) is 6.12. The summed E-state index contributed by atoms with van der Waals surface area (Å²) in [5.41, 5.74) is -1.39. The molecule has 1 N–H and O–H groups in total. The van der Waals surface area contributed by atoms with Gasteiger partial charge in [0, 0.05) is 0 Å². The quantitative estimate of drug-likeness (QED) is 0.769. The van der Waals surface area contributed by atoms with Crippen molar-refractivity contribution in [2.24, 2.45) is 0 Å². The van der Waals surface area contributed by atoms with Gasteiger partial charge in [-0.05, 0) is 20.8 Å². The molecule has 1 heterocycles. The fraction of sp³-hybridized carbons (Fsp3) is 0.692. The standard InChI is InChI=1S/C13H21NO5/c1-5-6-18-13(7-10(15)16)8-14(9-13)11(17)19-12(2,3)4/h5H,1,6-9H2,2-4H3,(H,15,16). The highest BCUT2D eigenvalue weighted by Crippen LogP contribution is 2.30. The highest BCUT2D eigenvalue weighted by atomic mass is 16.6. The van der Waals surface area contributed by atoms with Crippen LogP contribution in [0.15, 0.2) is 12.7 Å². The first kappa shape index (κ1) is 15.5. The number of rotatable bonds is 5. The number of carbonyl (C=O) groups is 2. The van der Waals surface area contributed by atoms with Gasteiger partial charge in [0.05, 0.1) is 26.1 Å². The Morgan fingerprint density at radius 3 is 2.42 bits per heavy atom. The van der Waals surface area contributed by atoms with E-state index in [1.54, 1.807) is 26.8 Å². The Labute approximate surface area is 113 Å². The summed E-state index contributed by atoms with van der Waals surface area (Å²) in [7, 11) is 0. The first-order chi connectivity index (χ1) is 8.67. The lowest BCUT2D eigenvalue weighted by molar-refractivity contribution is -0.163. The summed E-state index contributed by atoms with van der Waals surface area (Å²) in [6.07, 6.45) is 0.968. The van der Waals surface area contributed by atoms with E-state index in [0.717, 1.165) is 0 Å². The molecule has 0 radical (unpaired) electrons. The maximum Gasteiger partial charge on any atom is 0.410 e. The van der Waals surface area contributed by atoms with Crippen molar-refractivity contribution in [2.75, 3.05) is 19.7 Å². The molecule has 1 aliphatic heterocycles. The molecular weight excluding hydrogens is 250 g/mol. The van der Waals surface area contributed by atoms with E-state index in [1.165, 1.54) is 4.90 Å². The van der Waals surface area contributed by atoms with Gasteiger partial charge in [-0.15, -0.1) is 6.58 Å². The van der Waals surface area contributed by atoms with E-state index < -0.39 is 23.3 Å². The molecule has 1 rings (SSSR count). The van der Waals surface area contributed by atoms with Gasteiger partial charge in [-0.2, -0.15) is 0 Å². The second kappa shape index (κ2) is 5.61. The van der Waals surface area contributed by atoms with Crippen LogP contribution in [0.4, 0.5) is 4.79 Å². The molecule has 6 heteroatoms. The zero-order chi connectivity index (χ0) is 14.7. The van der Waals surface area contributed by atoms with E-state index in [2.05, 4.69) is 6.58 Å². The Hall–Kier alpha value is -1.56. The average Bonchev–Trinajstić information content (AvgIpc) is 2.17. The van der Waals surface area contributed by atoms with Crippen LogP contribution in [0.5, 0.6) is 0 Å². The zero-order valence-electron chi connectivity index (χ0n) is 11.6. The molecular formula is C13H21NO5. The summed E-state index contributed by atoms with van der Waals surface area (Å²) in [5, 5.41) is 8.88. The average molecular weight is 271 g/mol. The van der Waals surface area contributed by atoms with Crippen molar-refractivity contribution < 1.29 is 24.2 Å². The third-order valence-corrected chi connectivity index (χ3v) is 2.59. The number of ether oxygens (including phenoxy) is 2. The minimum atomic E-state index is -0.951. The van der Waals surface area contributed by atoms with Gasteiger partial charge in [0.15, 0.2) is 0 Å². The third kappa shape index (κ3) is 4.55. The maximum absolute atomic E-state index is 11.8. The van der Waals surface area contributed by atoms with Gasteiger partial charge in [-0.25, -0.2) is 4.79 Å². The molecule has 0 aromatic carbocycles. The first-order valence-electron chi connectivity index (χ1n) is 6.12. The summed E-state index contributed by atoms with van der Waals surface area (Å²) in [6, 6.07) is 0. The number of likely N-dealkylation sites (tertiary alicyclic amines) is 1. The molecule has 1 aliphatic rings. The normalized spacial score (nSPS) is 17.5. The van der Waals surface area contributed by atoms with Crippen molar-refractivity contribution in [3.05, 3.63) is 12.7 Å². The number of carboxylic acids is 1. The van der Waals surface area contributed by atoms with Crippen LogP contribution >= 0.6 is 0 Å². The van der Waals surface area contributed by atoms with E-state index in [4.69, 9.17) is 14.6 Å². The number of aliphatic carboxylic acids is 1. The summed E-state index contributed by atoms with van der Waals surface area (Å²) >= 11 is 0. The van der Waals surface area contributed by atoms with Crippen LogP contribution in [0, 0.1) is 0 Å². The largest absolute Gasteiger partial charge is 0.481 e.